The molecule has 1 N–H and O–H groups in total. The summed E-state index contributed by atoms with van der Waals surface area (Å²) in [7, 11) is 0. The van der Waals surface area contributed by atoms with E-state index in [-0.39, 0.29) is 6.61 Å². The van der Waals surface area contributed by atoms with Crippen molar-refractivity contribution in [3.63, 3.8) is 0 Å². The summed E-state index contributed by atoms with van der Waals surface area (Å²) >= 11 is 0. The highest BCUT2D eigenvalue weighted by atomic mass is 16.3. The van der Waals surface area contributed by atoms with E-state index in [1.807, 2.05) is 0 Å². The fraction of sp³-hybridized carbons (Fsp3) is 0.929. The molecule has 1 aliphatic carbocycles. The van der Waals surface area contributed by atoms with E-state index in [1.54, 1.807) is 4.68 Å². The predicted molar refractivity (Wildman–Crippen MR) is 73.4 cm³/mol. The Morgan fingerprint density at radius 3 is 2.58 bits per heavy atom. The highest BCUT2D eigenvalue weighted by Gasteiger charge is 2.11. The van der Waals surface area contributed by atoms with Gasteiger partial charge in [-0.05, 0) is 22.8 Å². The monoisotopic (exact) mass is 266 g/mol. The zero-order chi connectivity index (χ0) is 13.3. The summed E-state index contributed by atoms with van der Waals surface area (Å²) < 4.78 is 1.71. The molecule has 0 aromatic carbocycles. The van der Waals surface area contributed by atoms with Gasteiger partial charge in [-0.2, -0.15) is 0 Å². The molecule has 0 unspecified atom stereocenters. The SMILES string of the molecule is OCc1nnnn1CCCCCC1CCCCCC1. The highest BCUT2D eigenvalue weighted by molar-refractivity contribution is 4.75. The second-order valence-corrected chi connectivity index (χ2v) is 5.68. The lowest BCUT2D eigenvalue weighted by Gasteiger charge is -2.13. The van der Waals surface area contributed by atoms with Crippen LogP contribution in [0.4, 0.5) is 0 Å². The molecule has 19 heavy (non-hydrogen) atoms. The number of aromatic nitrogens is 4. The van der Waals surface area contributed by atoms with Crippen molar-refractivity contribution in [2.75, 3.05) is 0 Å². The van der Waals surface area contributed by atoms with Crippen LogP contribution in [0, 0.1) is 5.92 Å². The Kier molecular flexibility index (Phi) is 6.27. The van der Waals surface area contributed by atoms with Crippen LogP contribution in [0.2, 0.25) is 0 Å². The lowest BCUT2D eigenvalue weighted by molar-refractivity contribution is 0.261. The molecular formula is C14H26N4O. The van der Waals surface area contributed by atoms with Gasteiger partial charge in [0.25, 0.3) is 0 Å². The van der Waals surface area contributed by atoms with E-state index in [0.29, 0.717) is 5.82 Å². The molecular weight excluding hydrogens is 240 g/mol. The van der Waals surface area contributed by atoms with E-state index >= 15 is 0 Å². The number of aliphatic hydroxyl groups excluding tert-OH is 1. The fourth-order valence-electron chi connectivity index (χ4n) is 3.03. The molecule has 1 fully saturated rings. The standard InChI is InChI=1S/C14H26N4O/c19-12-14-15-16-17-18(14)11-7-3-6-10-13-8-4-1-2-5-9-13/h13,19H,1-12H2. The van der Waals surface area contributed by atoms with Gasteiger partial charge in [0.2, 0.25) is 0 Å². The average Bonchev–Trinajstić information content (AvgIpc) is 2.72. The van der Waals surface area contributed by atoms with Crippen LogP contribution >= 0.6 is 0 Å². The molecule has 1 saturated carbocycles. The number of unbranched alkanes of at least 4 members (excludes halogenated alkanes) is 2. The minimum Gasteiger partial charge on any atom is -0.388 e. The minimum absolute atomic E-state index is 0.0743. The Morgan fingerprint density at radius 2 is 1.84 bits per heavy atom. The molecule has 0 radical (unpaired) electrons. The lowest BCUT2D eigenvalue weighted by Crippen LogP contribution is -2.06. The van der Waals surface area contributed by atoms with Gasteiger partial charge in [-0.3, -0.25) is 0 Å². The maximum absolute atomic E-state index is 9.04. The van der Waals surface area contributed by atoms with Crippen molar-refractivity contribution in [1.82, 2.24) is 20.2 Å². The van der Waals surface area contributed by atoms with Gasteiger partial charge in [0.05, 0.1) is 0 Å². The zero-order valence-corrected chi connectivity index (χ0v) is 11.8. The lowest BCUT2D eigenvalue weighted by atomic mass is 9.94. The van der Waals surface area contributed by atoms with Crippen molar-refractivity contribution < 1.29 is 5.11 Å². The van der Waals surface area contributed by atoms with Crippen molar-refractivity contribution in [1.29, 1.82) is 0 Å². The topological polar surface area (TPSA) is 63.8 Å². The molecule has 5 nitrogen and oxygen atoms in total. The first-order valence-electron chi connectivity index (χ1n) is 7.76. The molecule has 1 aliphatic rings. The summed E-state index contributed by atoms with van der Waals surface area (Å²) in [5, 5.41) is 20.3. The van der Waals surface area contributed by atoms with Crippen molar-refractivity contribution >= 4 is 0 Å². The molecule has 0 atom stereocenters. The van der Waals surface area contributed by atoms with Crippen molar-refractivity contribution in [3.8, 4) is 0 Å². The molecule has 2 rings (SSSR count). The van der Waals surface area contributed by atoms with Crippen LogP contribution < -0.4 is 0 Å². The van der Waals surface area contributed by atoms with E-state index in [9.17, 15) is 0 Å². The number of aryl methyl sites for hydroxylation is 1. The van der Waals surface area contributed by atoms with Crippen LogP contribution in [-0.4, -0.2) is 25.3 Å². The Bertz CT molecular complexity index is 345. The maximum atomic E-state index is 9.04. The molecule has 1 aromatic rings. The van der Waals surface area contributed by atoms with Gasteiger partial charge in [0.1, 0.15) is 6.61 Å². The highest BCUT2D eigenvalue weighted by Crippen LogP contribution is 2.27. The summed E-state index contributed by atoms with van der Waals surface area (Å²) in [6, 6.07) is 0. The largest absolute Gasteiger partial charge is 0.388 e. The number of rotatable bonds is 7. The molecule has 0 spiro atoms. The van der Waals surface area contributed by atoms with Crippen LogP contribution in [0.3, 0.4) is 0 Å². The van der Waals surface area contributed by atoms with Crippen LogP contribution in [0.1, 0.15) is 70.0 Å². The molecule has 0 saturated heterocycles. The van der Waals surface area contributed by atoms with Crippen LogP contribution in [0.5, 0.6) is 0 Å². The van der Waals surface area contributed by atoms with Gasteiger partial charge in [-0.15, -0.1) is 5.10 Å². The predicted octanol–water partition coefficient (Wildman–Crippen LogP) is 2.70. The Morgan fingerprint density at radius 1 is 1.05 bits per heavy atom. The molecule has 0 bridgehead atoms. The van der Waals surface area contributed by atoms with Gasteiger partial charge in [0.15, 0.2) is 5.82 Å². The molecule has 0 aliphatic heterocycles. The molecule has 108 valence electrons. The molecule has 1 heterocycles. The van der Waals surface area contributed by atoms with Crippen molar-refractivity contribution in [2.24, 2.45) is 5.92 Å². The first-order valence-corrected chi connectivity index (χ1v) is 7.76. The van der Waals surface area contributed by atoms with E-state index < -0.39 is 0 Å². The summed E-state index contributed by atoms with van der Waals surface area (Å²) in [5.41, 5.74) is 0. The van der Waals surface area contributed by atoms with Crippen molar-refractivity contribution in [2.45, 2.75) is 77.4 Å². The summed E-state index contributed by atoms with van der Waals surface area (Å²) in [6.45, 7) is 0.753. The second-order valence-electron chi connectivity index (χ2n) is 5.68. The van der Waals surface area contributed by atoms with Gasteiger partial charge in [-0.1, -0.05) is 57.8 Å². The third kappa shape index (κ3) is 4.90. The molecule has 0 amide bonds. The van der Waals surface area contributed by atoms with Gasteiger partial charge < -0.3 is 5.11 Å². The Labute approximate surface area is 115 Å². The maximum Gasteiger partial charge on any atom is 0.176 e. The summed E-state index contributed by atoms with van der Waals surface area (Å²) in [6.07, 6.45) is 13.7. The van der Waals surface area contributed by atoms with E-state index in [4.69, 9.17) is 5.11 Å². The molecule has 5 heteroatoms. The normalized spacial score (nSPS) is 17.5. The number of hydrogen-bond acceptors (Lipinski definition) is 4. The van der Waals surface area contributed by atoms with E-state index in [0.717, 1.165) is 18.9 Å². The van der Waals surface area contributed by atoms with Gasteiger partial charge >= 0.3 is 0 Å². The Hall–Kier alpha value is -0.970. The van der Waals surface area contributed by atoms with Crippen LogP contribution in [-0.2, 0) is 13.2 Å². The van der Waals surface area contributed by atoms with Gasteiger partial charge in [-0.25, -0.2) is 4.68 Å². The zero-order valence-electron chi connectivity index (χ0n) is 11.8. The summed E-state index contributed by atoms with van der Waals surface area (Å²) in [4.78, 5) is 0. The third-order valence-electron chi connectivity index (χ3n) is 4.20. The smallest absolute Gasteiger partial charge is 0.176 e. The second kappa shape index (κ2) is 8.25. The van der Waals surface area contributed by atoms with Crippen molar-refractivity contribution in [3.05, 3.63) is 5.82 Å². The van der Waals surface area contributed by atoms with Crippen LogP contribution in [0.15, 0.2) is 0 Å². The van der Waals surface area contributed by atoms with Crippen LogP contribution in [0.25, 0.3) is 0 Å². The fourth-order valence-corrected chi connectivity index (χ4v) is 3.03. The molecule has 1 aromatic heterocycles. The average molecular weight is 266 g/mol. The third-order valence-corrected chi connectivity index (χ3v) is 4.20. The minimum atomic E-state index is -0.0743. The van der Waals surface area contributed by atoms with Gasteiger partial charge in [0, 0.05) is 6.54 Å². The number of nitrogens with zero attached hydrogens (tertiary/aromatic N) is 4. The quantitative estimate of drug-likeness (QED) is 0.609. The van der Waals surface area contributed by atoms with E-state index in [1.165, 1.54) is 57.8 Å². The number of hydrogen-bond donors (Lipinski definition) is 1. The summed E-state index contributed by atoms with van der Waals surface area (Å²) in [5.74, 6) is 1.55. The first kappa shape index (κ1) is 14.4. The Balaban J connectivity index is 1.56. The first-order chi connectivity index (χ1) is 9.40. The number of tetrazole rings is 1. The van der Waals surface area contributed by atoms with E-state index in [2.05, 4.69) is 15.5 Å². The number of aliphatic hydroxyl groups is 1.